The van der Waals surface area contributed by atoms with Gasteiger partial charge in [-0.05, 0) is 77.0 Å². The zero-order chi connectivity index (χ0) is 46.4. The van der Waals surface area contributed by atoms with Gasteiger partial charge in [-0.15, -0.1) is 0 Å². The van der Waals surface area contributed by atoms with Crippen molar-refractivity contribution in [1.82, 2.24) is 5.32 Å². The average molecular weight is 900 g/mol. The van der Waals surface area contributed by atoms with Crippen molar-refractivity contribution in [1.29, 1.82) is 0 Å². The van der Waals surface area contributed by atoms with E-state index in [0.717, 1.165) is 83.5 Å². The number of quaternary nitrogens is 1. The van der Waals surface area contributed by atoms with Gasteiger partial charge in [0.05, 0.1) is 39.9 Å². The van der Waals surface area contributed by atoms with Gasteiger partial charge in [-0.1, -0.05) is 201 Å². The van der Waals surface area contributed by atoms with Crippen molar-refractivity contribution in [3.63, 3.8) is 0 Å². The number of likely N-dealkylation sites (N-methyl/N-ethyl adjacent to an activating group) is 1. The number of hydrogen-bond donors (Lipinski definition) is 3. The lowest BCUT2D eigenvalue weighted by Crippen LogP contribution is -2.46. The van der Waals surface area contributed by atoms with E-state index < -0.39 is 20.0 Å². The summed E-state index contributed by atoms with van der Waals surface area (Å²) >= 11 is 0. The second-order valence-corrected chi connectivity index (χ2v) is 19.3. The van der Waals surface area contributed by atoms with Gasteiger partial charge in [0, 0.05) is 6.42 Å². The molecule has 0 heterocycles. The first kappa shape index (κ1) is 60.4. The van der Waals surface area contributed by atoms with Crippen LogP contribution in [0.3, 0.4) is 0 Å². The number of phosphoric acid groups is 1. The summed E-state index contributed by atoms with van der Waals surface area (Å²) in [5, 5.41) is 14.0. The Morgan fingerprint density at radius 1 is 0.556 bits per heavy atom. The van der Waals surface area contributed by atoms with E-state index in [4.69, 9.17) is 9.05 Å². The monoisotopic (exact) mass is 900 g/mol. The van der Waals surface area contributed by atoms with Gasteiger partial charge < -0.3 is 19.8 Å². The van der Waals surface area contributed by atoms with E-state index in [1.54, 1.807) is 0 Å². The van der Waals surface area contributed by atoms with E-state index in [9.17, 15) is 19.4 Å². The fourth-order valence-electron chi connectivity index (χ4n) is 6.65. The number of aliphatic hydroxyl groups is 1. The van der Waals surface area contributed by atoms with Crippen molar-refractivity contribution < 1.29 is 32.9 Å². The van der Waals surface area contributed by atoms with E-state index >= 15 is 0 Å². The number of unbranched alkanes of at least 4 members (excludes halogenated alkanes) is 15. The smallest absolute Gasteiger partial charge is 0.391 e. The van der Waals surface area contributed by atoms with Crippen molar-refractivity contribution in [3.8, 4) is 0 Å². The van der Waals surface area contributed by atoms with Gasteiger partial charge in [0.15, 0.2) is 0 Å². The summed E-state index contributed by atoms with van der Waals surface area (Å²) < 4.78 is 23.6. The summed E-state index contributed by atoms with van der Waals surface area (Å²) in [5.74, 6) is -0.191. The number of amides is 1. The highest BCUT2D eigenvalue weighted by Gasteiger charge is 2.28. The molecule has 0 saturated carbocycles. The maximum Gasteiger partial charge on any atom is 0.472 e. The molecule has 3 atom stereocenters. The van der Waals surface area contributed by atoms with Crippen LogP contribution < -0.4 is 5.32 Å². The van der Waals surface area contributed by atoms with Gasteiger partial charge in [-0.3, -0.25) is 13.8 Å². The summed E-state index contributed by atoms with van der Waals surface area (Å²) in [6, 6.07) is -0.790. The number of rotatable bonds is 44. The molecule has 0 radical (unpaired) electrons. The number of carbonyl (C=O) groups is 1. The predicted octanol–water partition coefficient (Wildman–Crippen LogP) is 14.7. The van der Waals surface area contributed by atoms with E-state index in [-0.39, 0.29) is 19.1 Å². The fourth-order valence-corrected chi connectivity index (χ4v) is 7.38. The zero-order valence-corrected chi connectivity index (χ0v) is 41.9. The number of phosphoric ester groups is 1. The Bertz CT molecular complexity index is 1340. The molecule has 63 heavy (non-hydrogen) atoms. The number of nitrogens with zero attached hydrogens (tertiary/aromatic N) is 1. The Labute approximate surface area is 388 Å². The third kappa shape index (κ3) is 47.2. The van der Waals surface area contributed by atoms with Crippen LogP contribution in [0.25, 0.3) is 0 Å². The average Bonchev–Trinajstić information content (AvgIpc) is 3.24. The molecule has 1 amide bonds. The summed E-state index contributed by atoms with van der Waals surface area (Å²) in [6.07, 6.45) is 63.0. The molecule has 0 fully saturated rings. The third-order valence-corrected chi connectivity index (χ3v) is 11.6. The summed E-state index contributed by atoms with van der Waals surface area (Å²) in [4.78, 5) is 23.2. The fraction of sp³-hybridized carbons (Fsp3) is 0.685. The molecule has 9 heteroatoms. The molecule has 0 aromatic rings. The molecule has 0 rings (SSSR count). The van der Waals surface area contributed by atoms with Crippen molar-refractivity contribution in [2.45, 2.75) is 199 Å². The molecule has 0 aliphatic rings. The quantitative estimate of drug-likeness (QED) is 0.0243. The molecule has 0 aliphatic heterocycles. The molecule has 3 N–H and O–H groups in total. The van der Waals surface area contributed by atoms with E-state index in [0.29, 0.717) is 30.3 Å². The Kier molecular flexibility index (Phi) is 42.8. The number of aliphatic hydroxyl groups excluding tert-OH is 1. The Morgan fingerprint density at radius 2 is 0.952 bits per heavy atom. The van der Waals surface area contributed by atoms with Crippen molar-refractivity contribution in [3.05, 3.63) is 97.2 Å². The molecule has 0 aromatic carbocycles. The Balaban J connectivity index is 4.38. The number of hydrogen-bond acceptors (Lipinski definition) is 5. The molecule has 0 aromatic heterocycles. The van der Waals surface area contributed by atoms with Crippen molar-refractivity contribution in [2.75, 3.05) is 40.9 Å². The van der Waals surface area contributed by atoms with E-state index in [1.807, 2.05) is 21.1 Å². The van der Waals surface area contributed by atoms with Crippen LogP contribution in [0.4, 0.5) is 0 Å². The largest absolute Gasteiger partial charge is 0.472 e. The third-order valence-electron chi connectivity index (χ3n) is 10.6. The topological polar surface area (TPSA) is 105 Å². The lowest BCUT2D eigenvalue weighted by Gasteiger charge is -2.26. The van der Waals surface area contributed by atoms with Crippen LogP contribution in [0.1, 0.15) is 187 Å². The van der Waals surface area contributed by atoms with Gasteiger partial charge in [0.25, 0.3) is 0 Å². The molecule has 0 aliphatic carbocycles. The maximum absolute atomic E-state index is 12.9. The van der Waals surface area contributed by atoms with Crippen molar-refractivity contribution in [2.24, 2.45) is 0 Å². The summed E-state index contributed by atoms with van der Waals surface area (Å²) in [7, 11) is 1.57. The minimum atomic E-state index is -4.34. The van der Waals surface area contributed by atoms with Gasteiger partial charge in [-0.2, -0.15) is 0 Å². The van der Waals surface area contributed by atoms with Crippen LogP contribution >= 0.6 is 7.82 Å². The molecule has 3 unspecified atom stereocenters. The van der Waals surface area contributed by atoms with Crippen LogP contribution in [0.15, 0.2) is 97.2 Å². The Hall–Kier alpha value is -2.58. The van der Waals surface area contributed by atoms with Gasteiger partial charge in [0.1, 0.15) is 13.2 Å². The lowest BCUT2D eigenvalue weighted by molar-refractivity contribution is -0.870. The first-order valence-corrected chi connectivity index (χ1v) is 26.6. The van der Waals surface area contributed by atoms with Gasteiger partial charge >= 0.3 is 7.82 Å². The van der Waals surface area contributed by atoms with Gasteiger partial charge in [-0.25, -0.2) is 4.57 Å². The van der Waals surface area contributed by atoms with E-state index in [2.05, 4.69) is 116 Å². The van der Waals surface area contributed by atoms with Crippen LogP contribution in [-0.4, -0.2) is 73.4 Å². The number of allylic oxidation sites excluding steroid dienone is 16. The maximum atomic E-state index is 12.9. The highest BCUT2D eigenvalue weighted by Crippen LogP contribution is 2.43. The Morgan fingerprint density at radius 3 is 1.37 bits per heavy atom. The highest BCUT2D eigenvalue weighted by atomic mass is 31.2. The minimum absolute atomic E-state index is 0.0605. The SMILES string of the molecule is CC/C=C\C/C=C\C/C=C\C/C=C\C/C=C\C/C=C\C/C=C\C/C=C\CCCCC(=O)NC(COP(=O)(O)OCC[N+](C)(C)C)C(O)CCCCCCCCCCCCCCCC. The molecular formula is C54H96N2O6P+. The minimum Gasteiger partial charge on any atom is -0.391 e. The lowest BCUT2D eigenvalue weighted by atomic mass is 10.0. The van der Waals surface area contributed by atoms with Crippen LogP contribution in [-0.2, 0) is 18.4 Å². The highest BCUT2D eigenvalue weighted by molar-refractivity contribution is 7.47. The summed E-state index contributed by atoms with van der Waals surface area (Å²) in [6.45, 7) is 4.72. The molecule has 0 spiro atoms. The molecular weight excluding hydrogens is 804 g/mol. The second-order valence-electron chi connectivity index (χ2n) is 17.8. The second kappa shape index (κ2) is 44.6. The van der Waals surface area contributed by atoms with E-state index in [1.165, 1.54) is 70.6 Å². The number of carbonyl (C=O) groups excluding carboxylic acids is 1. The first-order chi connectivity index (χ1) is 30.5. The van der Waals surface area contributed by atoms with Crippen LogP contribution in [0, 0.1) is 0 Å². The van der Waals surface area contributed by atoms with Crippen LogP contribution in [0.5, 0.6) is 0 Å². The normalized spacial score (nSPS) is 15.0. The first-order valence-electron chi connectivity index (χ1n) is 25.1. The summed E-state index contributed by atoms with van der Waals surface area (Å²) in [5.41, 5.74) is 0. The predicted molar refractivity (Wildman–Crippen MR) is 272 cm³/mol. The van der Waals surface area contributed by atoms with Crippen LogP contribution in [0.2, 0.25) is 0 Å². The molecule has 0 bridgehead atoms. The van der Waals surface area contributed by atoms with Crippen molar-refractivity contribution >= 4 is 13.7 Å². The molecule has 0 saturated heterocycles. The standard InChI is InChI=1S/C54H95N2O6P/c1-6-8-10-12-14-16-18-20-22-23-24-25-26-27-28-29-30-31-32-33-34-36-38-40-42-44-46-48-54(58)55-52(51-62-63(59,60)61-50-49-56(3,4)5)53(57)47-45-43-41-39-37-35-21-19-17-15-13-11-9-7-2/h8,10,14,16,20,22,24-25,27-28,30-31,33-34,38,40,52-53,57H,6-7,9,11-13,15,17-19,21,23,26,29,32,35-37,39,41-51H2,1-5H3,(H-,55,58,59,60)/p+1/b10-8-,16-14-,22-20-,25-24-,28-27-,31-30-,34-33-,40-38-. The number of nitrogens with one attached hydrogen (secondary N) is 1. The molecule has 362 valence electrons. The zero-order valence-electron chi connectivity index (χ0n) is 41.0. The molecule has 8 nitrogen and oxygen atoms in total. The van der Waals surface area contributed by atoms with Gasteiger partial charge in [0.2, 0.25) is 5.91 Å².